The van der Waals surface area contributed by atoms with Crippen molar-refractivity contribution >= 4 is 22.6 Å². The van der Waals surface area contributed by atoms with E-state index >= 15 is 0 Å². The molecule has 4 rings (SSSR count). The number of oxazole rings is 1. The monoisotopic (exact) mass is 294 g/mol. The van der Waals surface area contributed by atoms with Gasteiger partial charge in [0.15, 0.2) is 5.58 Å². The summed E-state index contributed by atoms with van der Waals surface area (Å²) in [6, 6.07) is 8.88. The molecule has 4 aromatic rings. The van der Waals surface area contributed by atoms with Gasteiger partial charge in [-0.25, -0.2) is 9.78 Å². The molecule has 3 aromatic heterocycles. The quantitative estimate of drug-likeness (QED) is 0.575. The fraction of sp³-hybridized carbons (Fsp3) is 0.0667. The van der Waals surface area contributed by atoms with Crippen molar-refractivity contribution in [2.75, 3.05) is 0 Å². The molecule has 0 saturated carbocycles. The Kier molecular flexibility index (Phi) is 2.50. The first-order chi connectivity index (χ1) is 10.7. The van der Waals surface area contributed by atoms with E-state index in [1.807, 2.05) is 19.1 Å². The number of aryl methyl sites for hydroxylation is 1. The number of hydrogen-bond acceptors (Lipinski definition) is 5. The van der Waals surface area contributed by atoms with Crippen LogP contribution in [0.25, 0.3) is 28.0 Å². The molecule has 7 heteroatoms. The molecule has 7 nitrogen and oxygen atoms in total. The highest BCUT2D eigenvalue weighted by molar-refractivity contribution is 5.83. The molecule has 0 aliphatic rings. The fourth-order valence-electron chi connectivity index (χ4n) is 2.51. The number of aromatic amines is 1. The molecule has 0 aliphatic carbocycles. The average molecular weight is 294 g/mol. The summed E-state index contributed by atoms with van der Waals surface area (Å²) < 4.78 is 6.67. The van der Waals surface area contributed by atoms with E-state index in [2.05, 4.69) is 15.1 Å². The minimum absolute atomic E-state index is 0.215. The fourth-order valence-corrected chi connectivity index (χ4v) is 2.51. The lowest BCUT2D eigenvalue weighted by atomic mass is 10.1. The number of nitrogens with zero attached hydrogens (tertiary/aromatic N) is 3. The van der Waals surface area contributed by atoms with E-state index in [0.717, 1.165) is 5.56 Å². The largest absolute Gasteiger partial charge is 0.417 e. The smallest absolute Gasteiger partial charge is 0.408 e. The molecule has 0 aliphatic heterocycles. The third kappa shape index (κ3) is 1.76. The Morgan fingerprint density at radius 1 is 1.27 bits per heavy atom. The van der Waals surface area contributed by atoms with E-state index < -0.39 is 5.76 Å². The Hall–Kier alpha value is -3.22. The zero-order valence-electron chi connectivity index (χ0n) is 11.5. The first-order valence-corrected chi connectivity index (χ1v) is 6.61. The van der Waals surface area contributed by atoms with Crippen LogP contribution in [0.4, 0.5) is 5.82 Å². The third-order valence-corrected chi connectivity index (χ3v) is 3.54. The summed E-state index contributed by atoms with van der Waals surface area (Å²) in [5.41, 5.74) is 3.79. The highest BCUT2D eigenvalue weighted by Crippen LogP contribution is 2.32. The molecule has 0 amide bonds. The van der Waals surface area contributed by atoms with Crippen LogP contribution in [0.5, 0.6) is 0 Å². The molecule has 22 heavy (non-hydrogen) atoms. The molecule has 0 fully saturated rings. The molecule has 0 radical (unpaired) electrons. The molecule has 0 spiro atoms. The van der Waals surface area contributed by atoms with Gasteiger partial charge in [-0.1, -0.05) is 6.07 Å². The van der Waals surface area contributed by atoms with Crippen molar-refractivity contribution in [1.82, 2.24) is 14.4 Å². The van der Waals surface area contributed by atoms with Gasteiger partial charge in [-0.3, -0.25) is 9.38 Å². The van der Waals surface area contributed by atoms with E-state index in [1.54, 1.807) is 28.8 Å². The van der Waals surface area contributed by atoms with Crippen molar-refractivity contribution in [2.45, 2.75) is 6.92 Å². The molecule has 0 saturated heterocycles. The average Bonchev–Trinajstić information content (AvgIpc) is 3.04. The van der Waals surface area contributed by atoms with Crippen molar-refractivity contribution in [3.63, 3.8) is 0 Å². The van der Waals surface area contributed by atoms with Crippen LogP contribution in [0.15, 0.2) is 50.9 Å². The number of nitrogens with one attached hydrogen (secondary N) is 1. The lowest BCUT2D eigenvalue weighted by Crippen LogP contribution is -1.92. The van der Waals surface area contributed by atoms with Crippen molar-refractivity contribution in [1.29, 1.82) is 0 Å². The standard InChI is InChI=1S/C15H10N4O3/c1-8-4-5-19-12(6-8)17-13(14(19)18-21)9-2-3-10-11(7-9)22-15(20)16-10/h2-7H,1H3,(H,16,20). The summed E-state index contributed by atoms with van der Waals surface area (Å²) in [6.45, 7) is 1.95. The van der Waals surface area contributed by atoms with Crippen molar-refractivity contribution in [3.8, 4) is 11.3 Å². The van der Waals surface area contributed by atoms with Gasteiger partial charge in [0, 0.05) is 11.8 Å². The van der Waals surface area contributed by atoms with Crippen LogP contribution in [-0.4, -0.2) is 14.4 Å². The van der Waals surface area contributed by atoms with Crippen LogP contribution >= 0.6 is 0 Å². The van der Waals surface area contributed by atoms with Crippen LogP contribution < -0.4 is 5.76 Å². The maximum atomic E-state index is 11.2. The maximum absolute atomic E-state index is 11.2. The topological polar surface area (TPSA) is 92.7 Å². The van der Waals surface area contributed by atoms with Crippen molar-refractivity contribution in [3.05, 3.63) is 57.5 Å². The van der Waals surface area contributed by atoms with Gasteiger partial charge in [-0.15, -0.1) is 4.91 Å². The highest BCUT2D eigenvalue weighted by Gasteiger charge is 2.16. The number of hydrogen-bond donors (Lipinski definition) is 1. The molecular weight excluding hydrogens is 284 g/mol. The Bertz CT molecular complexity index is 1090. The van der Waals surface area contributed by atoms with Crippen LogP contribution in [0.1, 0.15) is 5.56 Å². The normalized spacial score (nSPS) is 11.3. The Morgan fingerprint density at radius 2 is 2.14 bits per heavy atom. The van der Waals surface area contributed by atoms with Crippen LogP contribution in [0.3, 0.4) is 0 Å². The van der Waals surface area contributed by atoms with Gasteiger partial charge in [0.05, 0.1) is 5.52 Å². The zero-order valence-corrected chi connectivity index (χ0v) is 11.5. The van der Waals surface area contributed by atoms with Crippen LogP contribution in [0.2, 0.25) is 0 Å². The second kappa shape index (κ2) is 4.39. The SMILES string of the molecule is Cc1ccn2c(N=O)c(-c3ccc4[nH]c(=O)oc4c3)nc2c1. The number of aromatic nitrogens is 3. The Morgan fingerprint density at radius 3 is 2.95 bits per heavy atom. The number of pyridine rings is 1. The Labute approximate surface area is 123 Å². The molecule has 3 heterocycles. The molecule has 0 bridgehead atoms. The summed E-state index contributed by atoms with van der Waals surface area (Å²) in [7, 11) is 0. The summed E-state index contributed by atoms with van der Waals surface area (Å²) in [5, 5.41) is 3.10. The number of fused-ring (bicyclic) bond motifs is 2. The van der Waals surface area contributed by atoms with Crippen molar-refractivity contribution in [2.24, 2.45) is 5.18 Å². The third-order valence-electron chi connectivity index (χ3n) is 3.54. The van der Waals surface area contributed by atoms with Crippen LogP contribution in [-0.2, 0) is 0 Å². The van der Waals surface area contributed by atoms with Crippen molar-refractivity contribution < 1.29 is 4.42 Å². The van der Waals surface area contributed by atoms with Gasteiger partial charge in [0.2, 0.25) is 5.82 Å². The molecule has 1 aromatic carbocycles. The minimum Gasteiger partial charge on any atom is -0.408 e. The second-order valence-electron chi connectivity index (χ2n) is 5.03. The number of rotatable bonds is 2. The molecule has 0 unspecified atom stereocenters. The first-order valence-electron chi connectivity index (χ1n) is 6.61. The Balaban J connectivity index is 2.01. The zero-order chi connectivity index (χ0) is 15.3. The van der Waals surface area contributed by atoms with E-state index in [4.69, 9.17) is 4.42 Å². The number of imidazole rings is 1. The number of nitroso groups, excluding NO2 is 1. The number of benzene rings is 1. The van der Waals surface area contributed by atoms with Gasteiger partial charge < -0.3 is 4.42 Å². The molecule has 0 atom stereocenters. The summed E-state index contributed by atoms with van der Waals surface area (Å²) in [5.74, 6) is -0.307. The van der Waals surface area contributed by atoms with Gasteiger partial charge in [0.25, 0.3) is 0 Å². The van der Waals surface area contributed by atoms with Crippen LogP contribution in [0, 0.1) is 11.8 Å². The van der Waals surface area contributed by atoms with E-state index in [0.29, 0.717) is 28.0 Å². The van der Waals surface area contributed by atoms with E-state index in [9.17, 15) is 9.70 Å². The minimum atomic E-state index is -0.522. The van der Waals surface area contributed by atoms with Gasteiger partial charge in [-0.2, -0.15) is 0 Å². The summed E-state index contributed by atoms with van der Waals surface area (Å²) in [6.07, 6.45) is 1.76. The van der Waals surface area contributed by atoms with Gasteiger partial charge >= 0.3 is 5.76 Å². The lowest BCUT2D eigenvalue weighted by Gasteiger charge is -1.97. The lowest BCUT2D eigenvalue weighted by molar-refractivity contribution is 0.555. The predicted octanol–water partition coefficient (Wildman–Crippen LogP) is 3.14. The maximum Gasteiger partial charge on any atom is 0.417 e. The highest BCUT2D eigenvalue weighted by atomic mass is 16.4. The molecule has 108 valence electrons. The van der Waals surface area contributed by atoms with E-state index in [1.165, 1.54) is 0 Å². The van der Waals surface area contributed by atoms with E-state index in [-0.39, 0.29) is 5.82 Å². The van der Waals surface area contributed by atoms with Gasteiger partial charge in [0.1, 0.15) is 11.3 Å². The number of H-pyrrole nitrogens is 1. The predicted molar refractivity (Wildman–Crippen MR) is 81.2 cm³/mol. The summed E-state index contributed by atoms with van der Waals surface area (Å²) >= 11 is 0. The molecular formula is C15H10N4O3. The summed E-state index contributed by atoms with van der Waals surface area (Å²) in [4.78, 5) is 29.5. The second-order valence-corrected chi connectivity index (χ2v) is 5.03. The first kappa shape index (κ1) is 12.5. The molecule has 1 N–H and O–H groups in total. The van der Waals surface area contributed by atoms with Gasteiger partial charge in [-0.05, 0) is 41.9 Å².